The lowest BCUT2D eigenvalue weighted by atomic mass is 10.3. The smallest absolute Gasteiger partial charge is 0.276 e. The second-order valence-corrected chi connectivity index (χ2v) is 5.63. The van der Waals surface area contributed by atoms with Crippen LogP contribution < -0.4 is 16.6 Å². The largest absolute Gasteiger partial charge is 0.323 e. The molecule has 21 heavy (non-hydrogen) atoms. The molecule has 0 saturated carbocycles. The van der Waals surface area contributed by atoms with Crippen molar-refractivity contribution in [2.24, 2.45) is 5.84 Å². The highest BCUT2D eigenvalue weighted by Crippen LogP contribution is 2.28. The molecule has 0 unspecified atom stereocenters. The van der Waals surface area contributed by atoms with Gasteiger partial charge in [-0.2, -0.15) is 0 Å². The van der Waals surface area contributed by atoms with E-state index in [4.69, 9.17) is 17.4 Å². The first kappa shape index (κ1) is 13.7. The minimum absolute atomic E-state index is 0.284. The lowest BCUT2D eigenvalue weighted by Crippen LogP contribution is -2.14. The van der Waals surface area contributed by atoms with Crippen LogP contribution in [-0.2, 0) is 0 Å². The van der Waals surface area contributed by atoms with Crippen molar-refractivity contribution in [1.82, 2.24) is 9.97 Å². The number of nitrogens with zero attached hydrogens (tertiary/aromatic N) is 2. The van der Waals surface area contributed by atoms with Crippen LogP contribution in [0.5, 0.6) is 0 Å². The molecule has 0 aliphatic rings. The van der Waals surface area contributed by atoms with E-state index in [1.165, 1.54) is 17.5 Å². The average molecular weight is 320 g/mol. The molecule has 0 aliphatic carbocycles. The second kappa shape index (κ2) is 5.65. The average Bonchev–Trinajstić information content (AvgIpc) is 2.88. The molecule has 0 bridgehead atoms. The van der Waals surface area contributed by atoms with E-state index < -0.39 is 0 Å². The van der Waals surface area contributed by atoms with Gasteiger partial charge in [0.1, 0.15) is 5.69 Å². The number of halogens is 1. The Hall–Kier alpha value is -2.22. The predicted molar refractivity (Wildman–Crippen MR) is 84.6 cm³/mol. The molecule has 0 aliphatic heterocycles. The summed E-state index contributed by atoms with van der Waals surface area (Å²) in [6, 6.07) is 8.62. The monoisotopic (exact) mass is 319 g/mol. The topological polar surface area (TPSA) is 92.9 Å². The van der Waals surface area contributed by atoms with Gasteiger partial charge >= 0.3 is 0 Å². The van der Waals surface area contributed by atoms with Gasteiger partial charge in [-0.25, -0.2) is 9.97 Å². The highest BCUT2D eigenvalue weighted by molar-refractivity contribution is 7.22. The number of carbonyl (C=O) groups is 1. The van der Waals surface area contributed by atoms with Crippen LogP contribution >= 0.6 is 22.9 Å². The van der Waals surface area contributed by atoms with Crippen molar-refractivity contribution in [1.29, 1.82) is 0 Å². The summed E-state index contributed by atoms with van der Waals surface area (Å²) < 4.78 is 0.911. The molecular formula is C13H10ClN5OS. The fourth-order valence-corrected chi connectivity index (χ4v) is 2.86. The third-order valence-electron chi connectivity index (χ3n) is 2.73. The van der Waals surface area contributed by atoms with Crippen molar-refractivity contribution in [2.45, 2.75) is 0 Å². The summed E-state index contributed by atoms with van der Waals surface area (Å²) in [5, 5.41) is 3.85. The fraction of sp³-hybridized carbons (Fsp3) is 0. The summed E-state index contributed by atoms with van der Waals surface area (Å²) in [5.41, 5.74) is 4.15. The molecule has 3 rings (SSSR count). The van der Waals surface area contributed by atoms with Crippen LogP contribution in [0.2, 0.25) is 5.02 Å². The highest BCUT2D eigenvalue weighted by Gasteiger charge is 2.11. The van der Waals surface area contributed by atoms with Crippen molar-refractivity contribution < 1.29 is 4.79 Å². The Kier molecular flexibility index (Phi) is 3.70. The Morgan fingerprint density at radius 3 is 2.86 bits per heavy atom. The lowest BCUT2D eigenvalue weighted by molar-refractivity contribution is 0.102. The number of hydrogen-bond donors (Lipinski definition) is 3. The molecule has 1 amide bonds. The van der Waals surface area contributed by atoms with E-state index in [0.717, 1.165) is 10.2 Å². The van der Waals surface area contributed by atoms with Gasteiger partial charge in [-0.3, -0.25) is 16.0 Å². The summed E-state index contributed by atoms with van der Waals surface area (Å²) >= 11 is 7.28. The maximum atomic E-state index is 12.1. The molecule has 0 saturated heterocycles. The molecule has 3 aromatic rings. The molecule has 0 atom stereocenters. The number of nitrogens with two attached hydrogens (primary N) is 1. The third-order valence-corrected chi connectivity index (χ3v) is 3.90. The number of anilines is 2. The third kappa shape index (κ3) is 2.94. The van der Waals surface area contributed by atoms with Gasteiger partial charge in [-0.1, -0.05) is 22.9 Å². The van der Waals surface area contributed by atoms with Crippen molar-refractivity contribution in [3.8, 4) is 0 Å². The molecule has 0 radical (unpaired) electrons. The van der Waals surface area contributed by atoms with Crippen LogP contribution in [0.25, 0.3) is 10.2 Å². The standard InChI is InChI=1S/C13H10ClN5OS/c14-7-1-3-9-11(5-7)21-13(17-9)18-12(20)10-4-2-8(19-15)6-16-10/h1-6,19H,15H2,(H,17,18,20). The molecule has 2 heterocycles. The van der Waals surface area contributed by atoms with E-state index in [1.807, 2.05) is 12.1 Å². The second-order valence-electron chi connectivity index (χ2n) is 4.16. The summed E-state index contributed by atoms with van der Waals surface area (Å²) in [5.74, 6) is 4.92. The number of thiazole rings is 1. The Balaban J connectivity index is 1.81. The highest BCUT2D eigenvalue weighted by atomic mass is 35.5. The van der Waals surface area contributed by atoms with Gasteiger partial charge in [-0.05, 0) is 30.3 Å². The van der Waals surface area contributed by atoms with Crippen LogP contribution in [0.3, 0.4) is 0 Å². The van der Waals surface area contributed by atoms with Crippen molar-refractivity contribution in [2.75, 3.05) is 10.7 Å². The number of rotatable bonds is 3. The Morgan fingerprint density at radius 2 is 2.14 bits per heavy atom. The maximum absolute atomic E-state index is 12.1. The van der Waals surface area contributed by atoms with Crippen LogP contribution in [0, 0.1) is 0 Å². The van der Waals surface area contributed by atoms with Gasteiger partial charge in [0.2, 0.25) is 0 Å². The number of amides is 1. The quantitative estimate of drug-likeness (QED) is 0.510. The van der Waals surface area contributed by atoms with Gasteiger partial charge in [0.15, 0.2) is 5.13 Å². The van der Waals surface area contributed by atoms with Gasteiger partial charge in [0.05, 0.1) is 22.1 Å². The van der Waals surface area contributed by atoms with Gasteiger partial charge in [0, 0.05) is 5.02 Å². The molecule has 1 aromatic carbocycles. The number of aromatic nitrogens is 2. The first-order chi connectivity index (χ1) is 10.2. The first-order valence-electron chi connectivity index (χ1n) is 5.96. The number of hydrazine groups is 1. The molecule has 8 heteroatoms. The summed E-state index contributed by atoms with van der Waals surface area (Å²) in [7, 11) is 0. The Labute approximate surface area is 128 Å². The van der Waals surface area contributed by atoms with E-state index in [2.05, 4.69) is 20.7 Å². The lowest BCUT2D eigenvalue weighted by Gasteiger charge is -2.02. The zero-order valence-corrected chi connectivity index (χ0v) is 12.2. The van der Waals surface area contributed by atoms with Crippen LogP contribution in [-0.4, -0.2) is 15.9 Å². The molecule has 2 aromatic heterocycles. The normalized spacial score (nSPS) is 10.6. The van der Waals surface area contributed by atoms with Gasteiger partial charge in [-0.15, -0.1) is 0 Å². The number of hydrogen-bond acceptors (Lipinski definition) is 6. The van der Waals surface area contributed by atoms with Gasteiger partial charge in [0.25, 0.3) is 5.91 Å². The SMILES string of the molecule is NNc1ccc(C(=O)Nc2nc3ccc(Cl)cc3s2)nc1. The summed E-state index contributed by atoms with van der Waals surface area (Å²) in [4.78, 5) is 20.4. The molecular weight excluding hydrogens is 310 g/mol. The van der Waals surface area contributed by atoms with Crippen molar-refractivity contribution in [3.05, 3.63) is 47.2 Å². The summed E-state index contributed by atoms with van der Waals surface area (Å²) in [6.07, 6.45) is 1.48. The number of carbonyl (C=O) groups excluding carboxylic acids is 1. The number of benzene rings is 1. The minimum atomic E-state index is -0.330. The number of nitrogen functional groups attached to an aromatic ring is 1. The fourth-order valence-electron chi connectivity index (χ4n) is 1.73. The molecule has 106 valence electrons. The number of fused-ring (bicyclic) bond motifs is 1. The molecule has 4 N–H and O–H groups in total. The number of pyridine rings is 1. The minimum Gasteiger partial charge on any atom is -0.323 e. The zero-order valence-electron chi connectivity index (χ0n) is 10.6. The summed E-state index contributed by atoms with van der Waals surface area (Å²) in [6.45, 7) is 0. The van der Waals surface area contributed by atoms with Gasteiger partial charge < -0.3 is 5.43 Å². The molecule has 0 spiro atoms. The maximum Gasteiger partial charge on any atom is 0.276 e. The van der Waals surface area contributed by atoms with Crippen LogP contribution in [0.15, 0.2) is 36.5 Å². The van der Waals surface area contributed by atoms with Crippen LogP contribution in [0.1, 0.15) is 10.5 Å². The Morgan fingerprint density at radius 1 is 1.29 bits per heavy atom. The van der Waals surface area contributed by atoms with E-state index >= 15 is 0 Å². The van der Waals surface area contributed by atoms with Crippen molar-refractivity contribution >= 4 is 49.9 Å². The van der Waals surface area contributed by atoms with Crippen LogP contribution in [0.4, 0.5) is 10.8 Å². The van der Waals surface area contributed by atoms with E-state index in [-0.39, 0.29) is 11.6 Å². The predicted octanol–water partition coefficient (Wildman–Crippen LogP) is 2.88. The van der Waals surface area contributed by atoms with E-state index in [0.29, 0.717) is 15.8 Å². The molecule has 0 fully saturated rings. The molecule has 6 nitrogen and oxygen atoms in total. The first-order valence-corrected chi connectivity index (χ1v) is 7.15. The zero-order chi connectivity index (χ0) is 14.8. The van der Waals surface area contributed by atoms with E-state index in [1.54, 1.807) is 18.2 Å². The van der Waals surface area contributed by atoms with Crippen molar-refractivity contribution in [3.63, 3.8) is 0 Å². The number of nitrogens with one attached hydrogen (secondary N) is 2. The Bertz CT molecular complexity index is 802. The van der Waals surface area contributed by atoms with E-state index in [9.17, 15) is 4.79 Å².